The first-order chi connectivity index (χ1) is 1.00. The van der Waals surface area contributed by atoms with Gasteiger partial charge in [0.15, 0.2) is 17.4 Å². The maximum Gasteiger partial charge on any atom is 0 e. The third kappa shape index (κ3) is 8.98. The largest absolute Gasteiger partial charge is 0 e. The van der Waals surface area contributed by atoms with E-state index in [2.05, 4.69) is 0 Å². The monoisotopic (exact) mass is 368 g/mol. The van der Waals surface area contributed by atoms with E-state index in [9.17, 15) is 0 Å². The van der Waals surface area contributed by atoms with Crippen LogP contribution < -0.4 is 0 Å². The first kappa shape index (κ1) is 15.7. The smallest absolute Gasteiger partial charge is 0 e. The van der Waals surface area contributed by atoms with E-state index in [0.29, 0.717) is 0 Å². The van der Waals surface area contributed by atoms with E-state index in [1.165, 1.54) is 0 Å². The van der Waals surface area contributed by atoms with Crippen molar-refractivity contribution < 1.29 is 74.5 Å². The average Bonchev–Trinajstić information content (AvgIpc) is 1.00. The molecule has 0 aromatic carbocycles. The molecule has 0 unspecified atom stereocenters. The van der Waals surface area contributed by atoms with Crippen LogP contribution in [0.1, 0.15) is 0 Å². The molecule has 0 aromatic heterocycles. The second kappa shape index (κ2) is 16.3. The Hall–Kier alpha value is 3.26. The molecule has 0 radical (unpaired) electrons. The van der Waals surface area contributed by atoms with Crippen molar-refractivity contribution in [3.05, 3.63) is 0 Å². The van der Waals surface area contributed by atoms with Gasteiger partial charge in [0.05, 0.1) is 0 Å². The van der Waals surface area contributed by atoms with Crippen LogP contribution in [0.3, 0.4) is 0 Å². The minimum Gasteiger partial charge on any atom is 0 e. The van der Waals surface area contributed by atoms with Crippen LogP contribution in [0.2, 0.25) is 0 Å². The van der Waals surface area contributed by atoms with Crippen LogP contribution in [0.4, 0.5) is 0 Å². The van der Waals surface area contributed by atoms with Gasteiger partial charge < -0.3 is 0 Å². The van der Waals surface area contributed by atoms with Crippen LogP contribution in [-0.4, -0.2) is 17.4 Å². The molecule has 0 N–H and O–H groups in total. The Bertz CT molecular complexity index is 6.00. The Morgan fingerprint density at radius 3 is 1.00 bits per heavy atom. The summed E-state index contributed by atoms with van der Waals surface area (Å²) < 4.78 is 0. The van der Waals surface area contributed by atoms with Crippen molar-refractivity contribution in [3.8, 4) is 0 Å². The summed E-state index contributed by atoms with van der Waals surface area (Å²) >= 11 is 3.92. The van der Waals surface area contributed by atoms with Gasteiger partial charge in [0, 0.05) is 40.8 Å². The molecule has 0 heterocycles. The Kier molecular flexibility index (Phi) is 63.9. The first-order valence-corrected chi connectivity index (χ1v) is 5.83. The van der Waals surface area contributed by atoms with Crippen molar-refractivity contribution in [1.82, 2.24) is 0 Å². The quantitative estimate of drug-likeness (QED) is 0.474. The van der Waals surface area contributed by atoms with Crippen molar-refractivity contribution >= 4 is 17.4 Å². The topological polar surface area (TPSA) is 0 Å². The number of hydrogen-bond acceptors (Lipinski definition) is 0. The maximum absolute atomic E-state index is 1.96. The van der Waals surface area contributed by atoms with E-state index in [1.807, 2.05) is 33.6 Å². The fourth-order valence-corrected chi connectivity index (χ4v) is 0. The molecule has 0 amide bonds. The average molecular weight is 366 g/mol. The molecular weight excluding hydrogens is 363 g/mol. The van der Waals surface area contributed by atoms with Gasteiger partial charge in [-0.05, 0) is 0 Å². The van der Waals surface area contributed by atoms with Crippen LogP contribution in [0.25, 0.3) is 0 Å². The summed E-state index contributed by atoms with van der Waals surface area (Å²) in [5.41, 5.74) is 0. The minimum absolute atomic E-state index is 0. The van der Waals surface area contributed by atoms with Gasteiger partial charge in [0.1, 0.15) is 0 Å². The molecule has 0 aromatic rings. The summed E-state index contributed by atoms with van der Waals surface area (Å²) in [6.07, 6.45) is 0. The summed E-state index contributed by atoms with van der Waals surface area (Å²) in [6.45, 7) is 0. The molecule has 0 fully saturated rings. The molecule has 4 heavy (non-hydrogen) atoms. The van der Waals surface area contributed by atoms with E-state index < -0.39 is 0 Å². The van der Waals surface area contributed by atoms with E-state index in [1.54, 1.807) is 0 Å². The van der Waals surface area contributed by atoms with Gasteiger partial charge in [0.25, 0.3) is 0 Å². The zero-order valence-corrected chi connectivity index (χ0v) is 8.54. The Labute approximate surface area is 89.6 Å². The molecule has 0 saturated heterocycles. The second-order valence-electron chi connectivity index (χ2n) is 0. The fourth-order valence-electron chi connectivity index (χ4n) is 0. The van der Waals surface area contributed by atoms with Crippen LogP contribution in [-0.2, 0) is 33.6 Å². The molecule has 0 bridgehead atoms. The minimum atomic E-state index is 0. The van der Waals surface area contributed by atoms with Gasteiger partial charge >= 0.3 is 33.6 Å². The predicted molar refractivity (Wildman–Crippen MR) is 9.94 cm³/mol. The van der Waals surface area contributed by atoms with Crippen LogP contribution >= 0.6 is 0 Å². The van der Waals surface area contributed by atoms with Gasteiger partial charge in [0.2, 0.25) is 0 Å². The van der Waals surface area contributed by atoms with E-state index in [4.69, 9.17) is 0 Å². The number of hydrogen-bond donors (Lipinski definition) is 0. The molecule has 0 rings (SSSR count). The molecule has 0 aliphatic heterocycles. The predicted octanol–water partition coefficient (Wildman–Crippen LogP) is -1.19. The maximum atomic E-state index is 1.96. The van der Waals surface area contributed by atoms with Crippen LogP contribution in [0.5, 0.6) is 0 Å². The molecule has 4 heteroatoms. The summed E-state index contributed by atoms with van der Waals surface area (Å²) in [5, 5.41) is 0. The molecule has 0 aliphatic carbocycles. The van der Waals surface area contributed by atoms with E-state index >= 15 is 0 Å². The Morgan fingerprint density at radius 1 is 1.00 bits per heavy atom. The third-order valence-electron chi connectivity index (χ3n) is 0. The number of rotatable bonds is 0. The first-order valence-electron chi connectivity index (χ1n) is 0.167. The van der Waals surface area contributed by atoms with Crippen molar-refractivity contribution in [2.24, 2.45) is 0 Å². The molecule has 0 atom stereocenters. The van der Waals surface area contributed by atoms with Crippen LogP contribution in [0, 0.1) is 40.8 Å². The molecule has 0 saturated carbocycles. The molecular formula is H3AlMo2Nd. The third-order valence-corrected chi connectivity index (χ3v) is 0. The van der Waals surface area contributed by atoms with Gasteiger partial charge in [-0.15, -0.1) is 0 Å². The van der Waals surface area contributed by atoms with Crippen LogP contribution in [0.15, 0.2) is 0 Å². The van der Waals surface area contributed by atoms with Gasteiger partial charge in [-0.3, -0.25) is 0 Å². The second-order valence-corrected chi connectivity index (χ2v) is 0. The summed E-state index contributed by atoms with van der Waals surface area (Å²) in [5.74, 6) is 0. The van der Waals surface area contributed by atoms with E-state index in [0.717, 1.165) is 0 Å². The zero-order valence-electron chi connectivity index (χ0n) is 1.32. The fraction of sp³-hybridized carbons (Fsp3) is 0. The van der Waals surface area contributed by atoms with E-state index in [-0.39, 0.29) is 58.2 Å². The summed E-state index contributed by atoms with van der Waals surface area (Å²) in [6, 6.07) is 0. The zero-order chi connectivity index (χ0) is 2.00. The van der Waals surface area contributed by atoms with Gasteiger partial charge in [-0.2, -0.15) is 0 Å². The molecule has 0 spiro atoms. The Balaban J connectivity index is -0.00000000500. The SMILES string of the molecule is [AlH3].[Mo][Mo].[Nd]. The van der Waals surface area contributed by atoms with Gasteiger partial charge in [-0.1, -0.05) is 0 Å². The molecule has 0 aliphatic rings. The standard InChI is InChI=1S/Al.2Mo.Nd.3H. The van der Waals surface area contributed by atoms with Crippen molar-refractivity contribution in [3.63, 3.8) is 0 Å². The summed E-state index contributed by atoms with van der Waals surface area (Å²) in [7, 11) is 0. The molecule has 0 nitrogen and oxygen atoms in total. The normalized spacial score (nSPS) is 1.00. The van der Waals surface area contributed by atoms with Crippen molar-refractivity contribution in [2.45, 2.75) is 0 Å². The van der Waals surface area contributed by atoms with Crippen molar-refractivity contribution in [2.75, 3.05) is 0 Å². The van der Waals surface area contributed by atoms with Gasteiger partial charge in [-0.25, -0.2) is 0 Å². The van der Waals surface area contributed by atoms with Crippen molar-refractivity contribution in [1.29, 1.82) is 0 Å². The Morgan fingerprint density at radius 2 is 1.00 bits per heavy atom. The summed E-state index contributed by atoms with van der Waals surface area (Å²) in [4.78, 5) is 0. The molecule has 22 valence electrons.